The quantitative estimate of drug-likeness (QED) is 0.578. The van der Waals surface area contributed by atoms with Crippen LogP contribution in [0, 0.1) is 11.8 Å². The van der Waals surface area contributed by atoms with Gasteiger partial charge in [-0.3, -0.25) is 0 Å². The van der Waals surface area contributed by atoms with E-state index in [-0.39, 0.29) is 36.6 Å². The second kappa shape index (κ2) is 11.0. The van der Waals surface area contributed by atoms with Crippen LogP contribution in [0.5, 0.6) is 0 Å². The highest BCUT2D eigenvalue weighted by Crippen LogP contribution is 2.43. The lowest BCUT2D eigenvalue weighted by atomic mass is 9.70. The Morgan fingerprint density at radius 3 is 1.36 bits per heavy atom. The largest absolute Gasteiger partial charge is 0.444 e. The van der Waals surface area contributed by atoms with E-state index in [1.54, 1.807) is 9.80 Å². The van der Waals surface area contributed by atoms with E-state index in [2.05, 4.69) is 0 Å². The van der Waals surface area contributed by atoms with Crippen LogP contribution in [0.25, 0.3) is 0 Å². The Morgan fingerprint density at radius 1 is 0.750 bits per heavy atom. The SMILES string of the molecule is CC(C)(C)OC(=O)N1CCOC2(CC(CO)C2)C1.CC(C)(C)OC(=O)N1CCOC2(CC(CO)C2)C1. The zero-order valence-electron chi connectivity index (χ0n) is 22.9. The topological polar surface area (TPSA) is 118 Å². The van der Waals surface area contributed by atoms with Crippen molar-refractivity contribution in [1.29, 1.82) is 0 Å². The fourth-order valence-electron chi connectivity index (χ4n) is 5.39. The smallest absolute Gasteiger partial charge is 0.410 e. The molecule has 0 aromatic heterocycles. The Balaban J connectivity index is 0.000000201. The second-order valence-corrected chi connectivity index (χ2v) is 12.8. The first-order chi connectivity index (χ1) is 16.7. The van der Waals surface area contributed by atoms with Gasteiger partial charge >= 0.3 is 12.2 Å². The van der Waals surface area contributed by atoms with Crippen LogP contribution >= 0.6 is 0 Å². The van der Waals surface area contributed by atoms with Crippen molar-refractivity contribution < 1.29 is 38.7 Å². The van der Waals surface area contributed by atoms with Crippen molar-refractivity contribution in [3.8, 4) is 0 Å². The molecule has 0 bridgehead atoms. The number of rotatable bonds is 2. The molecule has 10 heteroatoms. The van der Waals surface area contributed by atoms with Gasteiger partial charge in [-0.1, -0.05) is 0 Å². The van der Waals surface area contributed by atoms with E-state index in [9.17, 15) is 9.59 Å². The number of aliphatic hydroxyl groups is 2. The molecule has 208 valence electrons. The highest BCUT2D eigenvalue weighted by molar-refractivity contribution is 5.69. The highest BCUT2D eigenvalue weighted by Gasteiger charge is 2.50. The fraction of sp³-hybridized carbons (Fsp3) is 0.923. The lowest BCUT2D eigenvalue weighted by Crippen LogP contribution is -2.60. The zero-order chi connectivity index (χ0) is 26.8. The minimum Gasteiger partial charge on any atom is -0.444 e. The van der Waals surface area contributed by atoms with Crippen molar-refractivity contribution in [2.45, 2.75) is 89.6 Å². The minimum atomic E-state index is -0.463. The molecule has 2 spiro atoms. The van der Waals surface area contributed by atoms with Crippen LogP contribution in [0.3, 0.4) is 0 Å². The first-order valence-corrected chi connectivity index (χ1v) is 13.1. The van der Waals surface area contributed by atoms with Crippen LogP contribution in [0.1, 0.15) is 67.2 Å². The summed E-state index contributed by atoms with van der Waals surface area (Å²) in [7, 11) is 0. The predicted octanol–water partition coefficient (Wildman–Crippen LogP) is 2.79. The zero-order valence-corrected chi connectivity index (χ0v) is 22.9. The third-order valence-electron chi connectivity index (χ3n) is 6.96. The van der Waals surface area contributed by atoms with Crippen molar-refractivity contribution in [3.05, 3.63) is 0 Å². The highest BCUT2D eigenvalue weighted by atomic mass is 16.6. The summed E-state index contributed by atoms with van der Waals surface area (Å²) < 4.78 is 22.3. The van der Waals surface area contributed by atoms with E-state index in [1.165, 1.54) is 0 Å². The first kappa shape index (κ1) is 28.9. The first-order valence-electron chi connectivity index (χ1n) is 13.1. The van der Waals surface area contributed by atoms with Crippen LogP contribution in [-0.2, 0) is 18.9 Å². The van der Waals surface area contributed by atoms with Gasteiger partial charge < -0.3 is 39.0 Å². The van der Waals surface area contributed by atoms with Gasteiger partial charge in [0.05, 0.1) is 37.5 Å². The summed E-state index contributed by atoms with van der Waals surface area (Å²) in [5.41, 5.74) is -1.39. The molecule has 0 aromatic carbocycles. The van der Waals surface area contributed by atoms with Gasteiger partial charge in [-0.15, -0.1) is 0 Å². The predicted molar refractivity (Wildman–Crippen MR) is 133 cm³/mol. The molecule has 2 N–H and O–H groups in total. The molecule has 2 saturated carbocycles. The Labute approximate surface area is 215 Å². The molecule has 4 rings (SSSR count). The summed E-state index contributed by atoms with van der Waals surface area (Å²) in [5.74, 6) is 0.646. The molecule has 0 atom stereocenters. The molecule has 2 amide bonds. The normalized spacial score (nSPS) is 32.2. The molecule has 0 radical (unpaired) electrons. The molecule has 2 aliphatic heterocycles. The van der Waals surface area contributed by atoms with Gasteiger partial charge in [-0.05, 0) is 79.1 Å². The molecule has 2 heterocycles. The summed E-state index contributed by atoms with van der Waals surface area (Å²) in [4.78, 5) is 27.4. The summed E-state index contributed by atoms with van der Waals surface area (Å²) in [6.45, 7) is 15.1. The van der Waals surface area contributed by atoms with Crippen molar-refractivity contribution in [1.82, 2.24) is 9.80 Å². The molecule has 10 nitrogen and oxygen atoms in total. The lowest BCUT2D eigenvalue weighted by molar-refractivity contribution is -0.175. The average molecular weight is 515 g/mol. The van der Waals surface area contributed by atoms with Crippen LogP contribution in [0.2, 0.25) is 0 Å². The number of carbonyl (C=O) groups is 2. The molecule has 4 aliphatic rings. The van der Waals surface area contributed by atoms with Gasteiger partial charge in [-0.25, -0.2) is 9.59 Å². The average Bonchev–Trinajstić information content (AvgIpc) is 2.73. The third kappa shape index (κ3) is 7.69. The summed E-state index contributed by atoms with van der Waals surface area (Å²) in [6.07, 6.45) is 2.81. The molecular weight excluding hydrogens is 468 g/mol. The van der Waals surface area contributed by atoms with Gasteiger partial charge in [0, 0.05) is 26.3 Å². The van der Waals surface area contributed by atoms with E-state index < -0.39 is 11.2 Å². The second-order valence-electron chi connectivity index (χ2n) is 12.8. The molecule has 2 aliphatic carbocycles. The Hall–Kier alpha value is -1.62. The van der Waals surface area contributed by atoms with Crippen molar-refractivity contribution in [2.24, 2.45) is 11.8 Å². The number of carbonyl (C=O) groups excluding carboxylic acids is 2. The van der Waals surface area contributed by atoms with Crippen LogP contribution < -0.4 is 0 Å². The van der Waals surface area contributed by atoms with E-state index >= 15 is 0 Å². The number of ether oxygens (including phenoxy) is 4. The molecular formula is C26H46N2O8. The van der Waals surface area contributed by atoms with Crippen molar-refractivity contribution in [2.75, 3.05) is 52.6 Å². The van der Waals surface area contributed by atoms with Gasteiger partial charge in [0.1, 0.15) is 11.2 Å². The fourth-order valence-corrected chi connectivity index (χ4v) is 5.39. The number of morpholine rings is 2. The number of hydrogen-bond donors (Lipinski definition) is 2. The Kier molecular flexibility index (Phi) is 8.85. The standard InChI is InChI=1S/2C13H23NO4/c2*1-12(2,3)18-11(16)14-4-5-17-13(9-14)6-10(7-13)8-15/h2*10,15H,4-9H2,1-3H3. The van der Waals surface area contributed by atoms with Crippen LogP contribution in [-0.4, -0.2) is 107 Å². The molecule has 2 saturated heterocycles. The number of amides is 2. The monoisotopic (exact) mass is 514 g/mol. The molecule has 0 unspecified atom stereocenters. The Bertz CT molecular complexity index is 699. The van der Waals surface area contributed by atoms with Crippen molar-refractivity contribution in [3.63, 3.8) is 0 Å². The molecule has 4 fully saturated rings. The van der Waals surface area contributed by atoms with Gasteiger partial charge in [0.2, 0.25) is 0 Å². The number of hydrogen-bond acceptors (Lipinski definition) is 8. The van der Waals surface area contributed by atoms with E-state index in [4.69, 9.17) is 29.2 Å². The Morgan fingerprint density at radius 2 is 1.08 bits per heavy atom. The molecule has 0 aromatic rings. The number of nitrogens with zero attached hydrogens (tertiary/aromatic N) is 2. The van der Waals surface area contributed by atoms with Crippen LogP contribution in [0.15, 0.2) is 0 Å². The maximum atomic E-state index is 12.0. The van der Waals surface area contributed by atoms with Crippen molar-refractivity contribution >= 4 is 12.2 Å². The summed E-state index contributed by atoms with van der Waals surface area (Å²) in [6, 6.07) is 0. The maximum absolute atomic E-state index is 12.0. The van der Waals surface area contributed by atoms with E-state index in [0.717, 1.165) is 25.7 Å². The van der Waals surface area contributed by atoms with E-state index in [1.807, 2.05) is 41.5 Å². The van der Waals surface area contributed by atoms with Gasteiger partial charge in [-0.2, -0.15) is 0 Å². The lowest BCUT2D eigenvalue weighted by Gasteiger charge is -2.51. The minimum absolute atomic E-state index is 0.206. The van der Waals surface area contributed by atoms with Gasteiger partial charge in [0.15, 0.2) is 0 Å². The van der Waals surface area contributed by atoms with Gasteiger partial charge in [0.25, 0.3) is 0 Å². The maximum Gasteiger partial charge on any atom is 0.410 e. The van der Waals surface area contributed by atoms with E-state index in [0.29, 0.717) is 51.2 Å². The third-order valence-corrected chi connectivity index (χ3v) is 6.96. The number of aliphatic hydroxyl groups excluding tert-OH is 2. The van der Waals surface area contributed by atoms with Crippen LogP contribution in [0.4, 0.5) is 9.59 Å². The molecule has 36 heavy (non-hydrogen) atoms. The summed E-state index contributed by atoms with van der Waals surface area (Å²) >= 11 is 0. The summed E-state index contributed by atoms with van der Waals surface area (Å²) in [5, 5.41) is 18.1.